The Morgan fingerprint density at radius 3 is 2.33 bits per heavy atom. The Morgan fingerprint density at radius 1 is 0.974 bits per heavy atom. The molecule has 210 valence electrons. The van der Waals surface area contributed by atoms with E-state index in [1.807, 2.05) is 82.3 Å². The number of aliphatic hydroxyl groups excluding tert-OH is 1. The second-order valence-electron chi connectivity index (χ2n) is 12.0. The minimum Gasteiger partial charge on any atom is -0.394 e. The molecule has 0 aliphatic carbocycles. The van der Waals surface area contributed by atoms with Crippen LogP contribution in [-0.2, 0) is 25.7 Å². The molecule has 8 nitrogen and oxygen atoms in total. The second-order valence-corrected chi connectivity index (χ2v) is 12.0. The quantitative estimate of drug-likeness (QED) is 0.517. The third-order valence-electron chi connectivity index (χ3n) is 8.72. The number of hydrogen-bond donors (Lipinski definition) is 1. The molecule has 0 radical (unpaired) electrons. The summed E-state index contributed by atoms with van der Waals surface area (Å²) >= 11 is 0. The van der Waals surface area contributed by atoms with Crippen LogP contribution in [0.1, 0.15) is 46.1 Å². The summed E-state index contributed by atoms with van der Waals surface area (Å²) in [5.74, 6) is -2.05. The number of rotatable bonds is 8. The number of carbonyl (C=O) groups excluding carboxylic acids is 3. The second kappa shape index (κ2) is 10.5. The summed E-state index contributed by atoms with van der Waals surface area (Å²) in [5.41, 5.74) is -1.35. The Bertz CT molecular complexity index is 1170. The molecule has 8 heteroatoms. The molecule has 1 spiro atoms. The maximum Gasteiger partial charge on any atom is 0.249 e. The maximum absolute atomic E-state index is 14.5. The maximum atomic E-state index is 14.5. The highest BCUT2D eigenvalue weighted by Crippen LogP contribution is 2.58. The van der Waals surface area contributed by atoms with Crippen molar-refractivity contribution in [3.05, 3.63) is 60.2 Å². The average Bonchev–Trinajstić information content (AvgIpc) is 3.19. The molecule has 4 aliphatic heterocycles. The summed E-state index contributed by atoms with van der Waals surface area (Å²) in [6.45, 7) is 9.50. The summed E-state index contributed by atoms with van der Waals surface area (Å²) in [7, 11) is 0. The zero-order valence-electron chi connectivity index (χ0n) is 23.5. The molecule has 1 N–H and O–H groups in total. The lowest BCUT2D eigenvalue weighted by molar-refractivity contribution is -0.156. The van der Waals surface area contributed by atoms with Crippen LogP contribution in [0.4, 0.5) is 0 Å². The fourth-order valence-electron chi connectivity index (χ4n) is 7.19. The van der Waals surface area contributed by atoms with Gasteiger partial charge in [0.1, 0.15) is 11.6 Å². The third-order valence-corrected chi connectivity index (χ3v) is 8.72. The van der Waals surface area contributed by atoms with E-state index in [0.29, 0.717) is 32.6 Å². The molecule has 1 aromatic rings. The highest BCUT2D eigenvalue weighted by Gasteiger charge is 2.75. The van der Waals surface area contributed by atoms with E-state index in [1.54, 1.807) is 14.7 Å². The van der Waals surface area contributed by atoms with Crippen LogP contribution in [0.2, 0.25) is 0 Å². The number of likely N-dealkylation sites (tertiary alicyclic amines) is 1. The van der Waals surface area contributed by atoms with Crippen molar-refractivity contribution < 1.29 is 24.2 Å². The molecule has 0 aromatic heterocycles. The van der Waals surface area contributed by atoms with Crippen molar-refractivity contribution in [3.8, 4) is 0 Å². The van der Waals surface area contributed by atoms with E-state index in [9.17, 15) is 19.5 Å². The standard InChI is InChI=1S/C31H41N3O5/c1-5-15-32-16-9-13-30(4)24(27(32)36)25-28(37)34(23(20-35)18-21(2)3)26-29(38)33(17-10-14-31(25,26)39-30)19-22-11-7-6-8-12-22/h6-14,21,23-26,35H,5,15-20H2,1-4H3/t23-,24-,25+,26?,30+,31+/m1/s1. The monoisotopic (exact) mass is 535 g/mol. The van der Waals surface area contributed by atoms with Crippen LogP contribution in [0, 0.1) is 17.8 Å². The van der Waals surface area contributed by atoms with Crippen molar-refractivity contribution >= 4 is 17.7 Å². The van der Waals surface area contributed by atoms with Gasteiger partial charge in [0.05, 0.1) is 30.1 Å². The lowest BCUT2D eigenvalue weighted by atomic mass is 9.74. The van der Waals surface area contributed by atoms with Gasteiger partial charge in [-0.25, -0.2) is 0 Å². The predicted octanol–water partition coefficient (Wildman–Crippen LogP) is 2.77. The van der Waals surface area contributed by atoms with Crippen LogP contribution in [0.5, 0.6) is 0 Å². The number of carbonyl (C=O) groups is 3. The van der Waals surface area contributed by atoms with E-state index >= 15 is 0 Å². The number of hydrogen-bond acceptors (Lipinski definition) is 5. The van der Waals surface area contributed by atoms with Gasteiger partial charge in [-0.3, -0.25) is 14.4 Å². The highest BCUT2D eigenvalue weighted by atomic mass is 16.5. The zero-order chi connectivity index (χ0) is 27.9. The van der Waals surface area contributed by atoms with Gasteiger partial charge in [-0.1, -0.05) is 75.4 Å². The normalized spacial score (nSPS) is 32.8. The first-order valence-corrected chi connectivity index (χ1v) is 14.3. The summed E-state index contributed by atoms with van der Waals surface area (Å²) in [5, 5.41) is 10.5. The van der Waals surface area contributed by atoms with Crippen molar-refractivity contribution in [2.24, 2.45) is 17.8 Å². The highest BCUT2D eigenvalue weighted by molar-refractivity contribution is 6.00. The van der Waals surface area contributed by atoms with Gasteiger partial charge in [0.2, 0.25) is 17.7 Å². The van der Waals surface area contributed by atoms with E-state index in [2.05, 4.69) is 0 Å². The summed E-state index contributed by atoms with van der Waals surface area (Å²) in [4.78, 5) is 48.1. The number of nitrogens with zero attached hydrogens (tertiary/aromatic N) is 3. The first kappa shape index (κ1) is 27.6. The summed E-state index contributed by atoms with van der Waals surface area (Å²) < 4.78 is 6.88. The topological polar surface area (TPSA) is 90.4 Å². The first-order chi connectivity index (χ1) is 18.7. The molecule has 5 rings (SSSR count). The van der Waals surface area contributed by atoms with E-state index in [4.69, 9.17) is 4.74 Å². The summed E-state index contributed by atoms with van der Waals surface area (Å²) in [6, 6.07) is 8.24. The van der Waals surface area contributed by atoms with Crippen molar-refractivity contribution in [2.75, 3.05) is 26.2 Å². The molecule has 1 aromatic carbocycles. The van der Waals surface area contributed by atoms with Crippen molar-refractivity contribution in [1.82, 2.24) is 14.7 Å². The van der Waals surface area contributed by atoms with E-state index in [1.165, 1.54) is 0 Å². The Hall–Kier alpha value is -2.97. The number of amides is 3. The first-order valence-electron chi connectivity index (χ1n) is 14.3. The fourth-order valence-corrected chi connectivity index (χ4v) is 7.19. The molecule has 1 unspecified atom stereocenters. The van der Waals surface area contributed by atoms with Crippen LogP contribution < -0.4 is 0 Å². The average molecular weight is 536 g/mol. The molecular formula is C31H41N3O5. The van der Waals surface area contributed by atoms with Crippen LogP contribution in [0.3, 0.4) is 0 Å². The van der Waals surface area contributed by atoms with Crippen LogP contribution in [0.15, 0.2) is 54.6 Å². The van der Waals surface area contributed by atoms with E-state index in [-0.39, 0.29) is 30.2 Å². The molecule has 0 saturated carbocycles. The minimum atomic E-state index is -1.31. The molecular weight excluding hydrogens is 494 g/mol. The van der Waals surface area contributed by atoms with Gasteiger partial charge >= 0.3 is 0 Å². The van der Waals surface area contributed by atoms with Crippen molar-refractivity contribution in [2.45, 2.75) is 70.4 Å². The molecule has 2 fully saturated rings. The van der Waals surface area contributed by atoms with Gasteiger partial charge in [-0.15, -0.1) is 0 Å². The van der Waals surface area contributed by atoms with E-state index in [0.717, 1.165) is 12.0 Å². The smallest absolute Gasteiger partial charge is 0.249 e. The molecule has 39 heavy (non-hydrogen) atoms. The van der Waals surface area contributed by atoms with Crippen LogP contribution >= 0.6 is 0 Å². The number of fused-ring (bicyclic) bond motifs is 2. The van der Waals surface area contributed by atoms with Gasteiger partial charge in [-0.2, -0.15) is 0 Å². The predicted molar refractivity (Wildman–Crippen MR) is 147 cm³/mol. The largest absolute Gasteiger partial charge is 0.394 e. The minimum absolute atomic E-state index is 0.115. The van der Waals surface area contributed by atoms with Crippen LogP contribution in [-0.4, -0.2) is 87.1 Å². The Morgan fingerprint density at radius 2 is 1.67 bits per heavy atom. The zero-order valence-corrected chi connectivity index (χ0v) is 23.5. The van der Waals surface area contributed by atoms with Crippen molar-refractivity contribution in [3.63, 3.8) is 0 Å². The molecule has 4 aliphatic rings. The molecule has 6 atom stereocenters. The van der Waals surface area contributed by atoms with Crippen LogP contribution in [0.25, 0.3) is 0 Å². The molecule has 4 heterocycles. The number of aliphatic hydroxyl groups is 1. The SMILES string of the molecule is CCCN1CC=C[C@]2(C)O[C@]34C=CCN(Cc5ccccc5)C(=O)C3N([C@@H](CO)CC(C)C)C(=O)[C@@H]4[C@@H]2C1=O. The third kappa shape index (κ3) is 4.51. The lowest BCUT2D eigenvalue weighted by Crippen LogP contribution is -2.58. The fraction of sp³-hybridized carbons (Fsp3) is 0.581. The van der Waals surface area contributed by atoms with Crippen molar-refractivity contribution in [1.29, 1.82) is 0 Å². The Balaban J connectivity index is 1.62. The Labute approximate surface area is 231 Å². The van der Waals surface area contributed by atoms with Gasteiger partial charge in [-0.05, 0) is 31.2 Å². The van der Waals surface area contributed by atoms with Gasteiger partial charge in [0, 0.05) is 26.2 Å². The molecule has 3 amide bonds. The molecule has 0 bridgehead atoms. The van der Waals surface area contributed by atoms with E-state index < -0.39 is 35.1 Å². The van der Waals surface area contributed by atoms with Gasteiger partial charge in [0.25, 0.3) is 0 Å². The number of benzene rings is 1. The lowest BCUT2D eigenvalue weighted by Gasteiger charge is -2.40. The molecule has 2 saturated heterocycles. The number of ether oxygens (including phenoxy) is 1. The Kier molecular flexibility index (Phi) is 7.46. The van der Waals surface area contributed by atoms with Gasteiger partial charge < -0.3 is 24.5 Å². The summed E-state index contributed by atoms with van der Waals surface area (Å²) in [6.07, 6.45) is 8.98. The van der Waals surface area contributed by atoms with Gasteiger partial charge in [0.15, 0.2) is 0 Å².